The zero-order valence-electron chi connectivity index (χ0n) is 10.5. The van der Waals surface area contributed by atoms with Crippen LogP contribution in [0.4, 0.5) is 0 Å². The number of carbonyl (C=O) groups is 1. The number of fused-ring (bicyclic) bond motifs is 1. The third-order valence-corrected chi connectivity index (χ3v) is 3.14. The van der Waals surface area contributed by atoms with Crippen molar-refractivity contribution in [3.05, 3.63) is 65.2 Å². The molecule has 0 radical (unpaired) electrons. The highest BCUT2D eigenvalue weighted by molar-refractivity contribution is 6.11. The number of amides is 1. The number of hydrogen-bond acceptors (Lipinski definition) is 2. The standard InChI is InChI=1S/C16H13NO2/c1-19-12-8-6-11(7-9-12)10-15-13-4-2-3-5-14(13)16(18)17-15/h2-10H,1H3,(H,17,18)/b15-10+. The van der Waals surface area contributed by atoms with E-state index in [-0.39, 0.29) is 5.91 Å². The third kappa shape index (κ3) is 2.10. The molecule has 0 spiro atoms. The van der Waals surface area contributed by atoms with Gasteiger partial charge >= 0.3 is 0 Å². The van der Waals surface area contributed by atoms with Crippen molar-refractivity contribution >= 4 is 17.7 Å². The van der Waals surface area contributed by atoms with Crippen molar-refractivity contribution in [2.75, 3.05) is 7.11 Å². The minimum absolute atomic E-state index is 0.0460. The Morgan fingerprint density at radius 3 is 2.37 bits per heavy atom. The maximum Gasteiger partial charge on any atom is 0.256 e. The van der Waals surface area contributed by atoms with Crippen LogP contribution in [-0.4, -0.2) is 13.0 Å². The van der Waals surface area contributed by atoms with Crippen molar-refractivity contribution in [3.63, 3.8) is 0 Å². The Balaban J connectivity index is 1.98. The first-order chi connectivity index (χ1) is 9.28. The van der Waals surface area contributed by atoms with Crippen molar-refractivity contribution in [1.29, 1.82) is 0 Å². The quantitative estimate of drug-likeness (QED) is 0.891. The van der Waals surface area contributed by atoms with Crippen LogP contribution in [0, 0.1) is 0 Å². The molecule has 1 N–H and O–H groups in total. The molecule has 0 aromatic heterocycles. The van der Waals surface area contributed by atoms with Crippen LogP contribution in [-0.2, 0) is 0 Å². The third-order valence-electron chi connectivity index (χ3n) is 3.14. The van der Waals surface area contributed by atoms with Crippen molar-refractivity contribution in [1.82, 2.24) is 5.32 Å². The minimum atomic E-state index is -0.0460. The Hall–Kier alpha value is -2.55. The molecule has 0 unspecified atom stereocenters. The maximum atomic E-state index is 11.8. The lowest BCUT2D eigenvalue weighted by molar-refractivity contribution is 0.0981. The lowest BCUT2D eigenvalue weighted by atomic mass is 10.1. The molecule has 1 amide bonds. The Bertz CT molecular complexity index is 657. The fourth-order valence-electron chi connectivity index (χ4n) is 2.15. The molecule has 1 aliphatic heterocycles. The smallest absolute Gasteiger partial charge is 0.256 e. The molecule has 0 saturated carbocycles. The highest BCUT2D eigenvalue weighted by atomic mass is 16.5. The first-order valence-corrected chi connectivity index (χ1v) is 6.04. The van der Waals surface area contributed by atoms with Crippen LogP contribution in [0.2, 0.25) is 0 Å². The summed E-state index contributed by atoms with van der Waals surface area (Å²) in [4.78, 5) is 11.8. The number of methoxy groups -OCH3 is 1. The zero-order chi connectivity index (χ0) is 13.2. The van der Waals surface area contributed by atoms with Gasteiger partial charge in [-0.15, -0.1) is 0 Å². The summed E-state index contributed by atoms with van der Waals surface area (Å²) in [5.74, 6) is 0.772. The van der Waals surface area contributed by atoms with E-state index in [4.69, 9.17) is 4.74 Å². The molecule has 3 nitrogen and oxygen atoms in total. The van der Waals surface area contributed by atoms with Crippen LogP contribution in [0.5, 0.6) is 5.75 Å². The number of carbonyl (C=O) groups excluding carboxylic acids is 1. The summed E-state index contributed by atoms with van der Waals surface area (Å²) in [6, 6.07) is 15.3. The van der Waals surface area contributed by atoms with E-state index in [1.54, 1.807) is 7.11 Å². The molecule has 2 aromatic rings. The number of hydrogen-bond donors (Lipinski definition) is 1. The van der Waals surface area contributed by atoms with E-state index in [0.29, 0.717) is 0 Å². The molecule has 0 saturated heterocycles. The summed E-state index contributed by atoms with van der Waals surface area (Å²) in [6.07, 6.45) is 1.96. The molecule has 0 bridgehead atoms. The van der Waals surface area contributed by atoms with E-state index in [1.165, 1.54) is 0 Å². The number of ether oxygens (including phenoxy) is 1. The molecule has 19 heavy (non-hydrogen) atoms. The van der Waals surface area contributed by atoms with Gasteiger partial charge in [-0.1, -0.05) is 30.3 Å². The fourth-order valence-corrected chi connectivity index (χ4v) is 2.15. The van der Waals surface area contributed by atoms with Gasteiger partial charge in [0, 0.05) is 16.8 Å². The van der Waals surface area contributed by atoms with Crippen LogP contribution < -0.4 is 10.1 Å². The zero-order valence-corrected chi connectivity index (χ0v) is 10.5. The van der Waals surface area contributed by atoms with E-state index in [9.17, 15) is 4.79 Å². The van der Waals surface area contributed by atoms with Crippen molar-refractivity contribution in [2.24, 2.45) is 0 Å². The SMILES string of the molecule is COc1ccc(/C=C2/NC(=O)c3ccccc32)cc1. The lowest BCUT2D eigenvalue weighted by Gasteiger charge is -2.02. The largest absolute Gasteiger partial charge is 0.497 e. The Morgan fingerprint density at radius 1 is 1.00 bits per heavy atom. The number of rotatable bonds is 2. The molecular formula is C16H13NO2. The highest BCUT2D eigenvalue weighted by Crippen LogP contribution is 2.26. The van der Waals surface area contributed by atoms with E-state index < -0.39 is 0 Å². The molecule has 94 valence electrons. The minimum Gasteiger partial charge on any atom is -0.497 e. The molecule has 3 heteroatoms. The number of benzene rings is 2. The summed E-state index contributed by atoms with van der Waals surface area (Å²) < 4.78 is 5.12. The van der Waals surface area contributed by atoms with Gasteiger partial charge in [0.2, 0.25) is 0 Å². The number of nitrogens with one attached hydrogen (secondary N) is 1. The van der Waals surface area contributed by atoms with Crippen molar-refractivity contribution < 1.29 is 9.53 Å². The van der Waals surface area contributed by atoms with Crippen LogP contribution >= 0.6 is 0 Å². The van der Waals surface area contributed by atoms with Gasteiger partial charge in [-0.05, 0) is 29.8 Å². The Labute approximate surface area is 111 Å². The van der Waals surface area contributed by atoms with Crippen LogP contribution in [0.15, 0.2) is 48.5 Å². The summed E-state index contributed by atoms with van der Waals surface area (Å²) in [5, 5.41) is 2.89. The van der Waals surface area contributed by atoms with Gasteiger partial charge in [0.05, 0.1) is 7.11 Å². The van der Waals surface area contributed by atoms with Gasteiger partial charge in [0.15, 0.2) is 0 Å². The van der Waals surface area contributed by atoms with Gasteiger partial charge in [-0.2, -0.15) is 0 Å². The maximum absolute atomic E-state index is 11.8. The predicted molar refractivity (Wildman–Crippen MR) is 74.8 cm³/mol. The van der Waals surface area contributed by atoms with Gasteiger partial charge < -0.3 is 10.1 Å². The summed E-state index contributed by atoms with van der Waals surface area (Å²) in [7, 11) is 1.64. The second-order valence-corrected chi connectivity index (χ2v) is 4.33. The van der Waals surface area contributed by atoms with Crippen molar-refractivity contribution in [2.45, 2.75) is 0 Å². The first-order valence-electron chi connectivity index (χ1n) is 6.04. The second kappa shape index (κ2) is 4.61. The molecule has 2 aromatic carbocycles. The Kier molecular flexibility index (Phi) is 2.80. The average Bonchev–Trinajstić information content (AvgIpc) is 2.77. The van der Waals surface area contributed by atoms with Gasteiger partial charge in [0.1, 0.15) is 5.75 Å². The van der Waals surface area contributed by atoms with E-state index >= 15 is 0 Å². The van der Waals surface area contributed by atoms with E-state index in [1.807, 2.05) is 54.6 Å². The van der Waals surface area contributed by atoms with Gasteiger partial charge in [-0.3, -0.25) is 4.79 Å². The molecule has 3 rings (SSSR count). The van der Waals surface area contributed by atoms with Gasteiger partial charge in [-0.25, -0.2) is 0 Å². The van der Waals surface area contributed by atoms with Crippen LogP contribution in [0.1, 0.15) is 21.5 Å². The normalized spacial score (nSPS) is 15.2. The monoisotopic (exact) mass is 251 g/mol. The summed E-state index contributed by atoms with van der Waals surface area (Å²) >= 11 is 0. The second-order valence-electron chi connectivity index (χ2n) is 4.33. The topological polar surface area (TPSA) is 38.3 Å². The predicted octanol–water partition coefficient (Wildman–Crippen LogP) is 2.94. The Morgan fingerprint density at radius 2 is 1.68 bits per heavy atom. The van der Waals surface area contributed by atoms with Crippen LogP contribution in [0.3, 0.4) is 0 Å². The first kappa shape index (κ1) is 11.5. The molecular weight excluding hydrogens is 238 g/mol. The highest BCUT2D eigenvalue weighted by Gasteiger charge is 2.22. The lowest BCUT2D eigenvalue weighted by Crippen LogP contribution is -2.11. The van der Waals surface area contributed by atoms with E-state index in [2.05, 4.69) is 5.32 Å². The summed E-state index contributed by atoms with van der Waals surface area (Å²) in [5.41, 5.74) is 3.53. The molecule has 1 heterocycles. The molecule has 0 fully saturated rings. The van der Waals surface area contributed by atoms with E-state index in [0.717, 1.165) is 28.1 Å². The van der Waals surface area contributed by atoms with Crippen LogP contribution in [0.25, 0.3) is 11.8 Å². The average molecular weight is 251 g/mol. The fraction of sp³-hybridized carbons (Fsp3) is 0.0625. The summed E-state index contributed by atoms with van der Waals surface area (Å²) in [6.45, 7) is 0. The molecule has 1 aliphatic rings. The van der Waals surface area contributed by atoms with Gasteiger partial charge in [0.25, 0.3) is 5.91 Å². The molecule has 0 atom stereocenters. The molecule has 0 aliphatic carbocycles. The van der Waals surface area contributed by atoms with Crippen molar-refractivity contribution in [3.8, 4) is 5.75 Å².